The number of hydrogen-bond donors (Lipinski definition) is 2. The third-order valence-electron chi connectivity index (χ3n) is 3.61. The highest BCUT2D eigenvalue weighted by Crippen LogP contribution is 2.32. The first-order valence-electron chi connectivity index (χ1n) is 7.06. The van der Waals surface area contributed by atoms with Crippen LogP contribution in [0.2, 0.25) is 5.02 Å². The lowest BCUT2D eigenvalue weighted by Crippen LogP contribution is -2.12. The van der Waals surface area contributed by atoms with E-state index in [0.29, 0.717) is 5.65 Å². The van der Waals surface area contributed by atoms with Crippen LogP contribution in [0, 0.1) is 0 Å². The summed E-state index contributed by atoms with van der Waals surface area (Å²) in [5, 5.41) is 12.4. The van der Waals surface area contributed by atoms with Gasteiger partial charge in [0.05, 0.1) is 11.3 Å². The number of imidazole rings is 1. The van der Waals surface area contributed by atoms with Crippen molar-refractivity contribution in [2.24, 2.45) is 0 Å². The molecule has 5 nitrogen and oxygen atoms in total. The zero-order chi connectivity index (χ0) is 18.2. The number of fused-ring (bicyclic) bond motifs is 1. The van der Waals surface area contributed by atoms with Gasteiger partial charge in [-0.1, -0.05) is 11.6 Å². The van der Waals surface area contributed by atoms with Gasteiger partial charge in [-0.3, -0.25) is 4.40 Å². The first-order valence-corrected chi connectivity index (χ1v) is 7.44. The van der Waals surface area contributed by atoms with E-state index in [4.69, 9.17) is 11.6 Å². The number of aromatic nitrogens is 2. The van der Waals surface area contributed by atoms with Gasteiger partial charge in [0, 0.05) is 24.0 Å². The van der Waals surface area contributed by atoms with Crippen LogP contribution in [0.3, 0.4) is 0 Å². The molecule has 25 heavy (non-hydrogen) atoms. The Kier molecular flexibility index (Phi) is 4.30. The lowest BCUT2D eigenvalue weighted by atomic mass is 10.1. The first-order chi connectivity index (χ1) is 11.8. The molecule has 130 valence electrons. The molecule has 0 aliphatic heterocycles. The van der Waals surface area contributed by atoms with Crippen LogP contribution in [0.15, 0.2) is 42.7 Å². The van der Waals surface area contributed by atoms with Gasteiger partial charge in [-0.2, -0.15) is 13.2 Å². The maximum atomic E-state index is 12.8. The van der Waals surface area contributed by atoms with Crippen LogP contribution in [-0.4, -0.2) is 20.5 Å². The maximum Gasteiger partial charge on any atom is 0.416 e. The molecule has 9 heteroatoms. The molecule has 3 rings (SSSR count). The van der Waals surface area contributed by atoms with E-state index in [1.807, 2.05) is 0 Å². The fraction of sp³-hybridized carbons (Fsp3) is 0.125. The quantitative estimate of drug-likeness (QED) is 0.719. The zero-order valence-electron chi connectivity index (χ0n) is 12.5. The number of halogens is 4. The van der Waals surface area contributed by atoms with E-state index < -0.39 is 17.7 Å². The summed E-state index contributed by atoms with van der Waals surface area (Å²) < 4.78 is 39.8. The highest BCUT2D eigenvalue weighted by atomic mass is 35.5. The zero-order valence-corrected chi connectivity index (χ0v) is 13.3. The normalized spacial score (nSPS) is 11.7. The molecule has 2 heterocycles. The summed E-state index contributed by atoms with van der Waals surface area (Å²) >= 11 is 5.95. The summed E-state index contributed by atoms with van der Waals surface area (Å²) in [6.07, 6.45) is -1.54. The van der Waals surface area contributed by atoms with Crippen molar-refractivity contribution in [1.82, 2.24) is 9.38 Å². The predicted octanol–water partition coefficient (Wildman–Crippen LogP) is 4.32. The van der Waals surface area contributed by atoms with Crippen LogP contribution in [0.25, 0.3) is 5.65 Å². The van der Waals surface area contributed by atoms with E-state index >= 15 is 0 Å². The van der Waals surface area contributed by atoms with Crippen molar-refractivity contribution < 1.29 is 23.1 Å². The summed E-state index contributed by atoms with van der Waals surface area (Å²) in [5.41, 5.74) is 0.000376. The van der Waals surface area contributed by atoms with Crippen molar-refractivity contribution in [3.05, 3.63) is 64.6 Å². The number of carboxylic acid groups (broad SMARTS) is 1. The molecular formula is C16H11ClF3N3O2. The summed E-state index contributed by atoms with van der Waals surface area (Å²) in [6, 6.07) is 6.10. The molecule has 2 N–H and O–H groups in total. The van der Waals surface area contributed by atoms with Crippen LogP contribution >= 0.6 is 11.6 Å². The minimum Gasteiger partial charge on any atom is -0.476 e. The fourth-order valence-electron chi connectivity index (χ4n) is 2.43. The highest BCUT2D eigenvalue weighted by Gasteiger charge is 2.30. The number of rotatable bonds is 4. The van der Waals surface area contributed by atoms with Crippen molar-refractivity contribution in [2.45, 2.75) is 12.7 Å². The Bertz CT molecular complexity index is 953. The van der Waals surface area contributed by atoms with Crippen LogP contribution < -0.4 is 5.32 Å². The van der Waals surface area contributed by atoms with Crippen molar-refractivity contribution >= 4 is 28.9 Å². The SMILES string of the molecule is O=C(O)c1c(NCc2cc(C(F)(F)F)ccc2Cl)ccc2nccn12. The van der Waals surface area contributed by atoms with E-state index in [-0.39, 0.29) is 28.5 Å². The van der Waals surface area contributed by atoms with Gasteiger partial charge in [0.1, 0.15) is 5.65 Å². The van der Waals surface area contributed by atoms with Gasteiger partial charge in [-0.25, -0.2) is 9.78 Å². The van der Waals surface area contributed by atoms with E-state index in [9.17, 15) is 23.1 Å². The van der Waals surface area contributed by atoms with Gasteiger partial charge in [0.2, 0.25) is 0 Å². The van der Waals surface area contributed by atoms with E-state index in [0.717, 1.165) is 12.1 Å². The molecule has 0 bridgehead atoms. The Labute approximate surface area is 144 Å². The van der Waals surface area contributed by atoms with Crippen LogP contribution in [-0.2, 0) is 12.7 Å². The molecule has 0 amide bonds. The Morgan fingerprint density at radius 1 is 1.28 bits per heavy atom. The Morgan fingerprint density at radius 3 is 2.72 bits per heavy atom. The van der Waals surface area contributed by atoms with Gasteiger partial charge >= 0.3 is 12.1 Å². The largest absolute Gasteiger partial charge is 0.476 e. The Hall–Kier alpha value is -2.74. The molecule has 3 aromatic rings. The number of carbonyl (C=O) groups is 1. The summed E-state index contributed by atoms with van der Waals surface area (Å²) in [4.78, 5) is 15.5. The second kappa shape index (κ2) is 6.29. The van der Waals surface area contributed by atoms with E-state index in [1.54, 1.807) is 6.07 Å². The van der Waals surface area contributed by atoms with E-state index in [2.05, 4.69) is 10.3 Å². The average Bonchev–Trinajstić information content (AvgIpc) is 3.00. The monoisotopic (exact) mass is 369 g/mol. The van der Waals surface area contributed by atoms with E-state index in [1.165, 1.54) is 28.9 Å². The molecule has 0 spiro atoms. The molecule has 0 atom stereocenters. The summed E-state index contributed by atoms with van der Waals surface area (Å²) in [7, 11) is 0. The fourth-order valence-corrected chi connectivity index (χ4v) is 2.62. The molecule has 0 radical (unpaired) electrons. The number of nitrogens with zero attached hydrogens (tertiary/aromatic N) is 2. The molecule has 2 aromatic heterocycles. The lowest BCUT2D eigenvalue weighted by Gasteiger charge is -2.14. The van der Waals surface area contributed by atoms with Crippen molar-refractivity contribution in [2.75, 3.05) is 5.32 Å². The molecule has 0 saturated heterocycles. The number of pyridine rings is 1. The van der Waals surface area contributed by atoms with Gasteiger partial charge < -0.3 is 10.4 Å². The molecular weight excluding hydrogens is 359 g/mol. The lowest BCUT2D eigenvalue weighted by molar-refractivity contribution is -0.137. The summed E-state index contributed by atoms with van der Waals surface area (Å²) in [6.45, 7) is -0.0662. The van der Waals surface area contributed by atoms with Crippen LogP contribution in [0.4, 0.5) is 18.9 Å². The smallest absolute Gasteiger partial charge is 0.416 e. The third kappa shape index (κ3) is 3.39. The number of nitrogens with one attached hydrogen (secondary N) is 1. The van der Waals surface area contributed by atoms with Gasteiger partial charge in [0.15, 0.2) is 5.69 Å². The van der Waals surface area contributed by atoms with Crippen molar-refractivity contribution in [1.29, 1.82) is 0 Å². The Morgan fingerprint density at radius 2 is 2.04 bits per heavy atom. The maximum absolute atomic E-state index is 12.8. The van der Waals surface area contributed by atoms with Crippen LogP contribution in [0.5, 0.6) is 0 Å². The highest BCUT2D eigenvalue weighted by molar-refractivity contribution is 6.31. The molecule has 0 saturated carbocycles. The minimum atomic E-state index is -4.48. The van der Waals surface area contributed by atoms with Crippen LogP contribution in [0.1, 0.15) is 21.6 Å². The number of carboxylic acids is 1. The standard InChI is InChI=1S/C16H11ClF3N3O2/c17-11-2-1-10(16(18,19)20)7-9(11)8-22-12-3-4-13-21-5-6-23(13)14(12)15(24)25/h1-7,22H,8H2,(H,24,25). The van der Waals surface area contributed by atoms with Gasteiger partial charge in [-0.05, 0) is 35.9 Å². The first kappa shape index (κ1) is 17.1. The molecule has 0 aliphatic carbocycles. The third-order valence-corrected chi connectivity index (χ3v) is 3.98. The second-order valence-electron chi connectivity index (χ2n) is 5.21. The Balaban J connectivity index is 1.93. The number of benzene rings is 1. The molecule has 0 fully saturated rings. The number of anilines is 1. The number of aromatic carboxylic acids is 1. The second-order valence-corrected chi connectivity index (χ2v) is 5.62. The van der Waals surface area contributed by atoms with Crippen molar-refractivity contribution in [3.8, 4) is 0 Å². The predicted molar refractivity (Wildman–Crippen MR) is 85.9 cm³/mol. The van der Waals surface area contributed by atoms with Gasteiger partial charge in [-0.15, -0.1) is 0 Å². The number of alkyl halides is 3. The molecule has 0 aliphatic rings. The minimum absolute atomic E-state index is 0.0662. The molecule has 1 aromatic carbocycles. The number of hydrogen-bond acceptors (Lipinski definition) is 3. The molecule has 0 unspecified atom stereocenters. The van der Waals surface area contributed by atoms with Crippen molar-refractivity contribution in [3.63, 3.8) is 0 Å². The van der Waals surface area contributed by atoms with Gasteiger partial charge in [0.25, 0.3) is 0 Å². The summed E-state index contributed by atoms with van der Waals surface area (Å²) in [5.74, 6) is -1.19. The topological polar surface area (TPSA) is 66.6 Å². The average molecular weight is 370 g/mol.